The molecule has 0 saturated carbocycles. The Labute approximate surface area is 130 Å². The van der Waals surface area contributed by atoms with Gasteiger partial charge in [0.25, 0.3) is 17.5 Å². The molecule has 22 heavy (non-hydrogen) atoms. The van der Waals surface area contributed by atoms with Crippen molar-refractivity contribution in [3.63, 3.8) is 0 Å². The normalized spacial score (nSPS) is 10.1. The Balaban J connectivity index is 2.26. The van der Waals surface area contributed by atoms with E-state index in [9.17, 15) is 19.7 Å². The van der Waals surface area contributed by atoms with Crippen LogP contribution in [0.4, 0.5) is 5.69 Å². The number of nitrogens with zero attached hydrogens (tertiary/aromatic N) is 2. The van der Waals surface area contributed by atoms with E-state index >= 15 is 0 Å². The maximum Gasteiger partial charge on any atom is 0.288 e. The van der Waals surface area contributed by atoms with Gasteiger partial charge < -0.3 is 0 Å². The molecule has 2 rings (SSSR count). The average Bonchev–Trinajstić information content (AvgIpc) is 2.47. The molecule has 1 N–H and O–H groups in total. The fourth-order valence-electron chi connectivity index (χ4n) is 1.73. The molecule has 1 aromatic carbocycles. The Bertz CT molecular complexity index is 776. The van der Waals surface area contributed by atoms with E-state index in [1.807, 2.05) is 0 Å². The number of nitrogens with one attached hydrogen (secondary N) is 1. The molecule has 0 radical (unpaired) electrons. The van der Waals surface area contributed by atoms with Crippen molar-refractivity contribution in [3.8, 4) is 0 Å². The summed E-state index contributed by atoms with van der Waals surface area (Å²) in [5, 5.41) is 13.1. The molecule has 0 bridgehead atoms. The summed E-state index contributed by atoms with van der Waals surface area (Å²) in [7, 11) is 0. The first-order valence-corrected chi connectivity index (χ1v) is 6.49. The van der Waals surface area contributed by atoms with Crippen LogP contribution in [0, 0.1) is 17.0 Å². The standard InChI is InChI=1S/C14H10ClN3O4/c1-8-11(6-9(7-16-8)18(21)22)14(20)17-13(19)10-4-2-3-5-12(10)15/h2-7H,1H3,(H,17,19,20). The van der Waals surface area contributed by atoms with Gasteiger partial charge >= 0.3 is 0 Å². The minimum absolute atomic E-state index is 0.0467. The van der Waals surface area contributed by atoms with Crippen LogP contribution in [-0.2, 0) is 0 Å². The van der Waals surface area contributed by atoms with Crippen LogP contribution in [0.25, 0.3) is 0 Å². The third-order valence-electron chi connectivity index (χ3n) is 2.87. The number of hydrogen-bond donors (Lipinski definition) is 1. The van der Waals surface area contributed by atoms with Crippen LogP contribution in [0.5, 0.6) is 0 Å². The van der Waals surface area contributed by atoms with Crippen LogP contribution >= 0.6 is 11.6 Å². The van der Waals surface area contributed by atoms with Crippen LogP contribution in [0.2, 0.25) is 5.02 Å². The quantitative estimate of drug-likeness (QED) is 0.532. The number of carbonyl (C=O) groups is 2. The topological polar surface area (TPSA) is 102 Å². The van der Waals surface area contributed by atoms with Gasteiger partial charge in [0.15, 0.2) is 0 Å². The number of carbonyl (C=O) groups excluding carboxylic acids is 2. The highest BCUT2D eigenvalue weighted by Crippen LogP contribution is 2.17. The van der Waals surface area contributed by atoms with E-state index in [0.717, 1.165) is 12.3 Å². The first-order chi connectivity index (χ1) is 10.4. The largest absolute Gasteiger partial charge is 0.288 e. The van der Waals surface area contributed by atoms with E-state index in [2.05, 4.69) is 10.3 Å². The van der Waals surface area contributed by atoms with E-state index in [1.165, 1.54) is 19.1 Å². The SMILES string of the molecule is Cc1ncc([N+](=O)[O-])cc1C(=O)NC(=O)c1ccccc1Cl. The molecule has 0 saturated heterocycles. The van der Waals surface area contributed by atoms with Crippen molar-refractivity contribution in [1.29, 1.82) is 0 Å². The molecule has 2 aromatic rings. The van der Waals surface area contributed by atoms with Gasteiger partial charge in [0.2, 0.25) is 0 Å². The molecule has 0 aliphatic heterocycles. The lowest BCUT2D eigenvalue weighted by Gasteiger charge is -2.07. The van der Waals surface area contributed by atoms with Crippen molar-refractivity contribution >= 4 is 29.1 Å². The Kier molecular flexibility index (Phi) is 4.47. The first kappa shape index (κ1) is 15.6. The summed E-state index contributed by atoms with van der Waals surface area (Å²) in [4.78, 5) is 37.9. The monoisotopic (exact) mass is 319 g/mol. The molecule has 1 aromatic heterocycles. The molecule has 7 nitrogen and oxygen atoms in total. The number of halogens is 1. The fourth-order valence-corrected chi connectivity index (χ4v) is 1.96. The maximum absolute atomic E-state index is 12.1. The number of aryl methyl sites for hydroxylation is 1. The zero-order valence-corrected chi connectivity index (χ0v) is 12.1. The van der Waals surface area contributed by atoms with Crippen molar-refractivity contribution < 1.29 is 14.5 Å². The zero-order chi connectivity index (χ0) is 16.3. The molecule has 0 aliphatic rings. The molecule has 1 heterocycles. The van der Waals surface area contributed by atoms with Gasteiger partial charge in [-0.2, -0.15) is 0 Å². The number of amides is 2. The highest BCUT2D eigenvalue weighted by atomic mass is 35.5. The number of nitro groups is 1. The maximum atomic E-state index is 12.1. The number of benzene rings is 1. The predicted octanol–water partition coefficient (Wildman–Crippen LogP) is 2.52. The number of aromatic nitrogens is 1. The minimum atomic E-state index is -0.779. The summed E-state index contributed by atoms with van der Waals surface area (Å²) in [5.41, 5.74) is 0.0270. The second kappa shape index (κ2) is 6.31. The lowest BCUT2D eigenvalue weighted by atomic mass is 10.1. The van der Waals surface area contributed by atoms with E-state index in [4.69, 9.17) is 11.6 Å². The van der Waals surface area contributed by atoms with Gasteiger partial charge in [-0.25, -0.2) is 0 Å². The average molecular weight is 320 g/mol. The highest BCUT2D eigenvalue weighted by Gasteiger charge is 2.19. The molecular formula is C14H10ClN3O4. The Morgan fingerprint density at radius 3 is 2.50 bits per heavy atom. The van der Waals surface area contributed by atoms with Gasteiger partial charge in [-0.3, -0.25) is 30.0 Å². The molecule has 0 spiro atoms. The van der Waals surface area contributed by atoms with Crippen molar-refractivity contribution in [2.24, 2.45) is 0 Å². The number of imide groups is 1. The second-order valence-corrected chi connectivity index (χ2v) is 4.75. The van der Waals surface area contributed by atoms with Gasteiger partial charge in [0, 0.05) is 6.07 Å². The van der Waals surface area contributed by atoms with Gasteiger partial charge in [0.1, 0.15) is 6.20 Å². The molecule has 0 aliphatic carbocycles. The zero-order valence-electron chi connectivity index (χ0n) is 11.4. The molecule has 0 unspecified atom stereocenters. The van der Waals surface area contributed by atoms with E-state index < -0.39 is 16.7 Å². The Morgan fingerprint density at radius 2 is 1.86 bits per heavy atom. The third kappa shape index (κ3) is 3.26. The second-order valence-electron chi connectivity index (χ2n) is 4.35. The predicted molar refractivity (Wildman–Crippen MR) is 78.9 cm³/mol. The Morgan fingerprint density at radius 1 is 1.23 bits per heavy atom. The summed E-state index contributed by atoms with van der Waals surface area (Å²) >= 11 is 5.87. The minimum Gasteiger partial charge on any atom is -0.288 e. The van der Waals surface area contributed by atoms with Crippen molar-refractivity contribution in [3.05, 3.63) is 68.5 Å². The number of hydrogen-bond acceptors (Lipinski definition) is 5. The molecule has 112 valence electrons. The molecule has 8 heteroatoms. The van der Waals surface area contributed by atoms with Gasteiger partial charge in [-0.05, 0) is 19.1 Å². The van der Waals surface area contributed by atoms with Crippen LogP contribution in [0.15, 0.2) is 36.5 Å². The van der Waals surface area contributed by atoms with Crippen LogP contribution in [0.3, 0.4) is 0 Å². The summed E-state index contributed by atoms with van der Waals surface area (Å²) in [6.07, 6.45) is 1.04. The Hall–Kier alpha value is -2.80. The first-order valence-electron chi connectivity index (χ1n) is 6.11. The summed E-state index contributed by atoms with van der Waals surface area (Å²) in [5.74, 6) is -1.47. The summed E-state index contributed by atoms with van der Waals surface area (Å²) in [6, 6.07) is 7.29. The number of rotatable bonds is 3. The van der Waals surface area contributed by atoms with Crippen LogP contribution in [0.1, 0.15) is 26.4 Å². The van der Waals surface area contributed by atoms with Crippen LogP contribution < -0.4 is 5.32 Å². The highest BCUT2D eigenvalue weighted by molar-refractivity contribution is 6.34. The van der Waals surface area contributed by atoms with E-state index in [0.29, 0.717) is 0 Å². The molecule has 0 atom stereocenters. The van der Waals surface area contributed by atoms with E-state index in [-0.39, 0.29) is 27.5 Å². The fraction of sp³-hybridized carbons (Fsp3) is 0.0714. The van der Waals surface area contributed by atoms with Gasteiger partial charge in [-0.1, -0.05) is 23.7 Å². The van der Waals surface area contributed by atoms with E-state index in [1.54, 1.807) is 12.1 Å². The number of pyridine rings is 1. The summed E-state index contributed by atoms with van der Waals surface area (Å²) in [6.45, 7) is 1.51. The smallest absolute Gasteiger partial charge is 0.288 e. The summed E-state index contributed by atoms with van der Waals surface area (Å²) < 4.78 is 0. The molecular weight excluding hydrogens is 310 g/mol. The van der Waals surface area contributed by atoms with Crippen molar-refractivity contribution in [1.82, 2.24) is 10.3 Å². The molecule has 0 fully saturated rings. The third-order valence-corrected chi connectivity index (χ3v) is 3.20. The van der Waals surface area contributed by atoms with Crippen molar-refractivity contribution in [2.45, 2.75) is 6.92 Å². The molecule has 2 amide bonds. The van der Waals surface area contributed by atoms with Crippen molar-refractivity contribution in [2.75, 3.05) is 0 Å². The van der Waals surface area contributed by atoms with Crippen LogP contribution in [-0.4, -0.2) is 21.7 Å². The lowest BCUT2D eigenvalue weighted by molar-refractivity contribution is -0.385. The van der Waals surface area contributed by atoms with Gasteiger partial charge in [-0.15, -0.1) is 0 Å². The lowest BCUT2D eigenvalue weighted by Crippen LogP contribution is -2.31. The van der Waals surface area contributed by atoms with Gasteiger partial charge in [0.05, 0.1) is 26.8 Å².